The number of benzene rings is 1. The smallest absolute Gasteiger partial charge is 0.275 e. The standard InChI is InChI=1S/C20H30N4O2/c1-2-3-4-7-10-24(12-11-23-13-15-26-16-14-23)20(25)19-17-8-5-6-9-18(17)21-22-19/h5-6,8-9H,2-4,7,10-16H2,1H3,(H,21,22). The molecule has 1 aliphatic rings. The maximum atomic E-state index is 13.2. The van der Waals surface area contributed by atoms with Gasteiger partial charge < -0.3 is 9.64 Å². The van der Waals surface area contributed by atoms with Crippen LogP contribution in [0.1, 0.15) is 43.1 Å². The van der Waals surface area contributed by atoms with E-state index < -0.39 is 0 Å². The van der Waals surface area contributed by atoms with Crippen LogP contribution in [0.5, 0.6) is 0 Å². The third kappa shape index (κ3) is 4.83. The van der Waals surface area contributed by atoms with Gasteiger partial charge in [0, 0.05) is 38.1 Å². The fraction of sp³-hybridized carbons (Fsp3) is 0.600. The van der Waals surface area contributed by atoms with Crippen LogP contribution in [0.25, 0.3) is 10.9 Å². The maximum Gasteiger partial charge on any atom is 0.275 e. The number of carbonyl (C=O) groups excluding carboxylic acids is 1. The topological polar surface area (TPSA) is 61.5 Å². The number of nitrogens with zero attached hydrogens (tertiary/aromatic N) is 3. The lowest BCUT2D eigenvalue weighted by molar-refractivity contribution is 0.0323. The van der Waals surface area contributed by atoms with Crippen molar-refractivity contribution in [2.75, 3.05) is 45.9 Å². The normalized spacial score (nSPS) is 15.4. The van der Waals surface area contributed by atoms with Crippen molar-refractivity contribution >= 4 is 16.8 Å². The lowest BCUT2D eigenvalue weighted by atomic mass is 10.1. The summed E-state index contributed by atoms with van der Waals surface area (Å²) in [7, 11) is 0. The molecule has 0 spiro atoms. The van der Waals surface area contributed by atoms with Crippen molar-refractivity contribution in [3.05, 3.63) is 30.0 Å². The van der Waals surface area contributed by atoms with E-state index in [0.29, 0.717) is 5.69 Å². The van der Waals surface area contributed by atoms with Crippen molar-refractivity contribution in [1.29, 1.82) is 0 Å². The van der Waals surface area contributed by atoms with E-state index in [9.17, 15) is 4.79 Å². The van der Waals surface area contributed by atoms with E-state index in [0.717, 1.165) is 63.3 Å². The molecule has 1 aromatic carbocycles. The van der Waals surface area contributed by atoms with Crippen LogP contribution in [0.3, 0.4) is 0 Å². The highest BCUT2D eigenvalue weighted by Gasteiger charge is 2.21. The van der Waals surface area contributed by atoms with Crippen molar-refractivity contribution < 1.29 is 9.53 Å². The number of aromatic nitrogens is 2. The van der Waals surface area contributed by atoms with Crippen LogP contribution >= 0.6 is 0 Å². The molecule has 2 aromatic rings. The Labute approximate surface area is 155 Å². The fourth-order valence-electron chi connectivity index (χ4n) is 3.41. The van der Waals surface area contributed by atoms with Gasteiger partial charge in [-0.15, -0.1) is 0 Å². The van der Waals surface area contributed by atoms with Gasteiger partial charge in [0.1, 0.15) is 0 Å². The summed E-state index contributed by atoms with van der Waals surface area (Å²) in [5.41, 5.74) is 1.45. The third-order valence-electron chi connectivity index (χ3n) is 5.03. The summed E-state index contributed by atoms with van der Waals surface area (Å²) in [5, 5.41) is 8.19. The fourth-order valence-corrected chi connectivity index (χ4v) is 3.41. The van der Waals surface area contributed by atoms with Gasteiger partial charge in [-0.2, -0.15) is 5.10 Å². The van der Waals surface area contributed by atoms with E-state index in [1.165, 1.54) is 19.3 Å². The number of ether oxygens (including phenoxy) is 1. The first-order valence-electron chi connectivity index (χ1n) is 9.82. The lowest BCUT2D eigenvalue weighted by Gasteiger charge is -2.30. The minimum Gasteiger partial charge on any atom is -0.379 e. The van der Waals surface area contributed by atoms with E-state index in [4.69, 9.17) is 4.74 Å². The average molecular weight is 358 g/mol. The van der Waals surface area contributed by atoms with Gasteiger partial charge >= 0.3 is 0 Å². The van der Waals surface area contributed by atoms with E-state index in [1.807, 2.05) is 29.2 Å². The number of H-pyrrole nitrogens is 1. The Bertz CT molecular complexity index is 694. The van der Waals surface area contributed by atoms with Gasteiger partial charge in [-0.25, -0.2) is 0 Å². The molecule has 1 aliphatic heterocycles. The average Bonchev–Trinajstić information content (AvgIpc) is 3.12. The van der Waals surface area contributed by atoms with Crippen molar-refractivity contribution in [1.82, 2.24) is 20.0 Å². The summed E-state index contributed by atoms with van der Waals surface area (Å²) in [6, 6.07) is 7.82. The Morgan fingerprint density at radius 1 is 1.19 bits per heavy atom. The van der Waals surface area contributed by atoms with Crippen LogP contribution in [-0.4, -0.2) is 71.8 Å². The second kappa shape index (κ2) is 9.69. The summed E-state index contributed by atoms with van der Waals surface area (Å²) >= 11 is 0. The largest absolute Gasteiger partial charge is 0.379 e. The van der Waals surface area contributed by atoms with Crippen LogP contribution in [0.2, 0.25) is 0 Å². The Kier molecular flexibility index (Phi) is 7.03. The van der Waals surface area contributed by atoms with E-state index in [2.05, 4.69) is 22.0 Å². The summed E-state index contributed by atoms with van der Waals surface area (Å²) < 4.78 is 5.42. The first kappa shape index (κ1) is 18.9. The highest BCUT2D eigenvalue weighted by molar-refractivity contribution is 6.04. The van der Waals surface area contributed by atoms with Crippen molar-refractivity contribution in [3.8, 4) is 0 Å². The number of hydrogen-bond acceptors (Lipinski definition) is 4. The van der Waals surface area contributed by atoms with Crippen LogP contribution in [0.15, 0.2) is 24.3 Å². The maximum absolute atomic E-state index is 13.2. The number of rotatable bonds is 9. The van der Waals surface area contributed by atoms with Gasteiger partial charge in [0.05, 0.1) is 18.7 Å². The quantitative estimate of drug-likeness (QED) is 0.700. The molecule has 3 rings (SSSR count). The summed E-state index contributed by atoms with van der Waals surface area (Å²) in [4.78, 5) is 17.5. The molecule has 1 fully saturated rings. The van der Waals surface area contributed by atoms with Gasteiger partial charge in [0.2, 0.25) is 0 Å². The molecule has 1 aromatic heterocycles. The number of carbonyl (C=O) groups is 1. The van der Waals surface area contributed by atoms with Crippen LogP contribution in [0.4, 0.5) is 0 Å². The molecule has 0 atom stereocenters. The predicted octanol–water partition coefficient (Wildman–Crippen LogP) is 2.92. The molecule has 0 saturated carbocycles. The second-order valence-electron chi connectivity index (χ2n) is 6.92. The Hall–Kier alpha value is -1.92. The molecule has 0 radical (unpaired) electrons. The molecule has 0 bridgehead atoms. The van der Waals surface area contributed by atoms with E-state index in [-0.39, 0.29) is 5.91 Å². The monoisotopic (exact) mass is 358 g/mol. The molecular weight excluding hydrogens is 328 g/mol. The number of unbranched alkanes of at least 4 members (excludes halogenated alkanes) is 3. The van der Waals surface area contributed by atoms with Gasteiger partial charge in [-0.05, 0) is 12.5 Å². The van der Waals surface area contributed by atoms with E-state index in [1.54, 1.807) is 0 Å². The number of morpholine rings is 1. The summed E-state index contributed by atoms with van der Waals surface area (Å²) in [6.07, 6.45) is 4.63. The van der Waals surface area contributed by atoms with Gasteiger partial charge in [-0.3, -0.25) is 14.8 Å². The summed E-state index contributed by atoms with van der Waals surface area (Å²) in [5.74, 6) is 0.0345. The Balaban J connectivity index is 1.67. The number of amides is 1. The number of fused-ring (bicyclic) bond motifs is 1. The molecule has 1 saturated heterocycles. The lowest BCUT2D eigenvalue weighted by Crippen LogP contribution is -2.43. The second-order valence-corrected chi connectivity index (χ2v) is 6.92. The Morgan fingerprint density at radius 3 is 2.81 bits per heavy atom. The van der Waals surface area contributed by atoms with Gasteiger partial charge in [0.15, 0.2) is 5.69 Å². The highest BCUT2D eigenvalue weighted by Crippen LogP contribution is 2.17. The number of hydrogen-bond donors (Lipinski definition) is 1. The molecule has 0 aliphatic carbocycles. The number of aromatic amines is 1. The van der Waals surface area contributed by atoms with Gasteiger partial charge in [-0.1, -0.05) is 44.4 Å². The molecular formula is C20H30N4O2. The number of nitrogens with one attached hydrogen (secondary N) is 1. The van der Waals surface area contributed by atoms with Crippen molar-refractivity contribution in [2.24, 2.45) is 0 Å². The molecule has 26 heavy (non-hydrogen) atoms. The van der Waals surface area contributed by atoms with Crippen LogP contribution < -0.4 is 0 Å². The minimum absolute atomic E-state index is 0.0345. The zero-order chi connectivity index (χ0) is 18.2. The third-order valence-corrected chi connectivity index (χ3v) is 5.03. The molecule has 142 valence electrons. The SMILES string of the molecule is CCCCCCN(CCN1CCOCC1)C(=O)c1n[nH]c2ccccc12. The molecule has 6 heteroatoms. The zero-order valence-corrected chi connectivity index (χ0v) is 15.7. The molecule has 1 amide bonds. The van der Waals surface area contributed by atoms with Crippen LogP contribution in [0, 0.1) is 0 Å². The zero-order valence-electron chi connectivity index (χ0n) is 15.7. The molecule has 2 heterocycles. The molecule has 1 N–H and O–H groups in total. The van der Waals surface area contributed by atoms with Crippen molar-refractivity contribution in [3.63, 3.8) is 0 Å². The van der Waals surface area contributed by atoms with Crippen LogP contribution in [-0.2, 0) is 4.74 Å². The van der Waals surface area contributed by atoms with Crippen molar-refractivity contribution in [2.45, 2.75) is 32.6 Å². The van der Waals surface area contributed by atoms with E-state index >= 15 is 0 Å². The van der Waals surface area contributed by atoms with Gasteiger partial charge in [0.25, 0.3) is 5.91 Å². The predicted molar refractivity (Wildman–Crippen MR) is 103 cm³/mol. The molecule has 0 unspecified atom stereocenters. The first-order chi connectivity index (χ1) is 12.8. The summed E-state index contributed by atoms with van der Waals surface area (Å²) in [6.45, 7) is 8.11. The minimum atomic E-state index is 0.0345. The highest BCUT2D eigenvalue weighted by atomic mass is 16.5. The first-order valence-corrected chi connectivity index (χ1v) is 9.82. The molecule has 6 nitrogen and oxygen atoms in total. The number of para-hydroxylation sites is 1. The Morgan fingerprint density at radius 2 is 2.00 bits per heavy atom.